The predicted molar refractivity (Wildman–Crippen MR) is 143 cm³/mol. The smallest absolute Gasteiger partial charge is 0.349 e. The minimum Gasteiger partial charge on any atom is -0.493 e. The third-order valence-electron chi connectivity index (χ3n) is 5.79. The molecule has 0 aliphatic rings. The number of methoxy groups -OCH3 is 2. The molecule has 2 rings (SSSR count). The van der Waals surface area contributed by atoms with Gasteiger partial charge in [0.05, 0.1) is 20.1 Å². The van der Waals surface area contributed by atoms with Crippen molar-refractivity contribution in [2.24, 2.45) is 11.8 Å². The van der Waals surface area contributed by atoms with Gasteiger partial charge in [0.1, 0.15) is 6.04 Å². The van der Waals surface area contributed by atoms with Crippen LogP contribution < -0.4 is 20.1 Å². The molecule has 0 aromatic heterocycles. The van der Waals surface area contributed by atoms with Crippen molar-refractivity contribution in [2.75, 3.05) is 27.0 Å². The molecular formula is C27H37N3O6S. The SMILES string of the molecule is CNC(=O)[C@H](Cc1ccccc1)NC(=O)N(O)C(=O)[C@H](CCC(C)C)CSc1ccc(OC)c(OC)c1. The molecule has 0 unspecified atom stereocenters. The van der Waals surface area contributed by atoms with Gasteiger partial charge in [0.25, 0.3) is 5.91 Å². The summed E-state index contributed by atoms with van der Waals surface area (Å²) in [7, 11) is 4.57. The lowest BCUT2D eigenvalue weighted by Crippen LogP contribution is -2.53. The standard InChI is InChI=1S/C27H37N3O6S/c1-18(2)11-12-20(17-37-21-13-14-23(35-4)24(16-21)36-5)26(32)30(34)27(33)29-22(25(31)28-3)15-19-9-7-6-8-10-19/h6-10,13-14,16,18,20,22,34H,11-12,15,17H2,1-5H3,(H,28,31)(H,29,33)/t20-,22+/m1/s1. The maximum absolute atomic E-state index is 13.2. The molecule has 202 valence electrons. The van der Waals surface area contributed by atoms with Crippen LogP contribution in [0.2, 0.25) is 0 Å². The van der Waals surface area contributed by atoms with E-state index in [1.54, 1.807) is 20.3 Å². The summed E-state index contributed by atoms with van der Waals surface area (Å²) in [6.45, 7) is 4.09. The number of nitrogens with one attached hydrogen (secondary N) is 2. The Bertz CT molecular complexity index is 1030. The Morgan fingerprint density at radius 3 is 2.27 bits per heavy atom. The van der Waals surface area contributed by atoms with Gasteiger partial charge in [-0.2, -0.15) is 0 Å². The normalized spacial score (nSPS) is 12.4. The zero-order chi connectivity index (χ0) is 27.4. The topological polar surface area (TPSA) is 117 Å². The number of carbonyl (C=O) groups excluding carboxylic acids is 3. The first-order chi connectivity index (χ1) is 17.7. The van der Waals surface area contributed by atoms with Crippen LogP contribution in [0.15, 0.2) is 53.4 Å². The summed E-state index contributed by atoms with van der Waals surface area (Å²) in [5, 5.41) is 15.6. The lowest BCUT2D eigenvalue weighted by Gasteiger charge is -2.24. The van der Waals surface area contributed by atoms with Crippen LogP contribution in [0.3, 0.4) is 0 Å². The van der Waals surface area contributed by atoms with Gasteiger partial charge < -0.3 is 20.1 Å². The summed E-state index contributed by atoms with van der Waals surface area (Å²) in [6, 6.07) is 12.6. The summed E-state index contributed by atoms with van der Waals surface area (Å²) < 4.78 is 10.6. The van der Waals surface area contributed by atoms with Gasteiger partial charge in [-0.25, -0.2) is 4.79 Å². The number of hydrogen-bond donors (Lipinski definition) is 3. The van der Waals surface area contributed by atoms with Crippen LogP contribution in [0.25, 0.3) is 0 Å². The first-order valence-electron chi connectivity index (χ1n) is 12.1. The van der Waals surface area contributed by atoms with Crippen molar-refractivity contribution < 1.29 is 29.1 Å². The van der Waals surface area contributed by atoms with Crippen LogP contribution in [0.1, 0.15) is 32.3 Å². The Hall–Kier alpha value is -3.24. The third-order valence-corrected chi connectivity index (χ3v) is 6.95. The van der Waals surface area contributed by atoms with Crippen molar-refractivity contribution >= 4 is 29.6 Å². The highest BCUT2D eigenvalue weighted by atomic mass is 32.2. The third kappa shape index (κ3) is 9.29. The van der Waals surface area contributed by atoms with Gasteiger partial charge in [-0.15, -0.1) is 16.8 Å². The Morgan fingerprint density at radius 1 is 1.00 bits per heavy atom. The van der Waals surface area contributed by atoms with Crippen molar-refractivity contribution in [3.8, 4) is 11.5 Å². The van der Waals surface area contributed by atoms with E-state index < -0.39 is 29.8 Å². The van der Waals surface area contributed by atoms with Gasteiger partial charge in [-0.05, 0) is 36.1 Å². The molecule has 0 bridgehead atoms. The molecule has 0 heterocycles. The van der Waals surface area contributed by atoms with Crippen LogP contribution in [0.5, 0.6) is 11.5 Å². The number of thioether (sulfide) groups is 1. The van der Waals surface area contributed by atoms with E-state index in [9.17, 15) is 19.6 Å². The van der Waals surface area contributed by atoms with E-state index in [4.69, 9.17) is 9.47 Å². The van der Waals surface area contributed by atoms with Gasteiger partial charge in [0.15, 0.2) is 11.5 Å². The zero-order valence-electron chi connectivity index (χ0n) is 22.0. The maximum Gasteiger partial charge on any atom is 0.349 e. The highest BCUT2D eigenvalue weighted by Crippen LogP contribution is 2.33. The van der Waals surface area contributed by atoms with Gasteiger partial charge in [-0.3, -0.25) is 14.8 Å². The van der Waals surface area contributed by atoms with Crippen LogP contribution in [-0.4, -0.2) is 61.2 Å². The number of carbonyl (C=O) groups is 3. The highest BCUT2D eigenvalue weighted by Gasteiger charge is 2.31. The average Bonchev–Trinajstić information content (AvgIpc) is 2.91. The molecule has 0 saturated carbocycles. The predicted octanol–water partition coefficient (Wildman–Crippen LogP) is 4.13. The Balaban J connectivity index is 2.12. The fraction of sp³-hybridized carbons (Fsp3) is 0.444. The van der Waals surface area contributed by atoms with E-state index in [0.29, 0.717) is 29.6 Å². The number of imide groups is 1. The minimum atomic E-state index is -1.04. The fourth-order valence-corrected chi connectivity index (χ4v) is 4.69. The number of hydroxylamine groups is 2. The van der Waals surface area contributed by atoms with Crippen molar-refractivity contribution in [3.05, 3.63) is 54.1 Å². The molecule has 0 saturated heterocycles. The van der Waals surface area contributed by atoms with Crippen LogP contribution in [0.4, 0.5) is 4.79 Å². The number of nitrogens with zero attached hydrogens (tertiary/aromatic N) is 1. The molecule has 2 aromatic carbocycles. The second kappa shape index (κ2) is 15.1. The quantitative estimate of drug-likeness (QED) is 0.202. The molecule has 0 radical (unpaired) electrons. The first-order valence-corrected chi connectivity index (χ1v) is 13.1. The van der Waals surface area contributed by atoms with E-state index in [1.165, 1.54) is 18.8 Å². The molecule has 0 aliphatic carbocycles. The van der Waals surface area contributed by atoms with E-state index in [0.717, 1.165) is 16.9 Å². The summed E-state index contributed by atoms with van der Waals surface area (Å²) >= 11 is 1.42. The molecule has 0 spiro atoms. The van der Waals surface area contributed by atoms with Crippen LogP contribution in [-0.2, 0) is 16.0 Å². The molecule has 10 heteroatoms. The van der Waals surface area contributed by atoms with Crippen molar-refractivity contribution in [2.45, 2.75) is 44.0 Å². The molecule has 3 N–H and O–H groups in total. The Morgan fingerprint density at radius 2 is 1.68 bits per heavy atom. The average molecular weight is 532 g/mol. The second-order valence-corrected chi connectivity index (χ2v) is 10.0. The maximum atomic E-state index is 13.2. The van der Waals surface area contributed by atoms with Crippen LogP contribution >= 0.6 is 11.8 Å². The van der Waals surface area contributed by atoms with E-state index >= 15 is 0 Å². The molecule has 0 fully saturated rings. The number of likely N-dealkylation sites (N-methyl/N-ethyl adjacent to an activating group) is 1. The Kier molecular flexibility index (Phi) is 12.2. The minimum absolute atomic E-state index is 0.0983. The zero-order valence-corrected chi connectivity index (χ0v) is 22.8. The van der Waals surface area contributed by atoms with Gasteiger partial charge >= 0.3 is 6.03 Å². The summed E-state index contributed by atoms with van der Waals surface area (Å²) in [4.78, 5) is 39.2. The summed E-state index contributed by atoms with van der Waals surface area (Å²) in [6.07, 6.45) is 1.44. The number of amides is 4. The Labute approximate surface area is 222 Å². The number of urea groups is 1. The van der Waals surface area contributed by atoms with Crippen molar-refractivity contribution in [1.29, 1.82) is 0 Å². The molecule has 9 nitrogen and oxygen atoms in total. The molecule has 2 aromatic rings. The second-order valence-electron chi connectivity index (χ2n) is 8.95. The molecule has 4 amide bonds. The molecular weight excluding hydrogens is 494 g/mol. The van der Waals surface area contributed by atoms with E-state index in [2.05, 4.69) is 10.6 Å². The molecule has 37 heavy (non-hydrogen) atoms. The number of rotatable bonds is 13. The lowest BCUT2D eigenvalue weighted by atomic mass is 9.98. The van der Waals surface area contributed by atoms with Gasteiger partial charge in [-0.1, -0.05) is 50.6 Å². The monoisotopic (exact) mass is 531 g/mol. The van der Waals surface area contributed by atoms with E-state index in [-0.39, 0.29) is 11.5 Å². The number of ether oxygens (including phenoxy) is 2. The fourth-order valence-electron chi connectivity index (χ4n) is 3.63. The molecule has 2 atom stereocenters. The van der Waals surface area contributed by atoms with Gasteiger partial charge in [0, 0.05) is 24.1 Å². The number of benzene rings is 2. The summed E-state index contributed by atoms with van der Waals surface area (Å²) in [5.74, 6) is 0.0708. The van der Waals surface area contributed by atoms with Crippen LogP contribution in [0, 0.1) is 11.8 Å². The van der Waals surface area contributed by atoms with Gasteiger partial charge in [0.2, 0.25) is 5.91 Å². The first kappa shape index (κ1) is 30.0. The highest BCUT2D eigenvalue weighted by molar-refractivity contribution is 7.99. The van der Waals surface area contributed by atoms with E-state index in [1.807, 2.05) is 56.3 Å². The number of hydrogen-bond acceptors (Lipinski definition) is 7. The van der Waals surface area contributed by atoms with Crippen molar-refractivity contribution in [1.82, 2.24) is 15.7 Å². The molecule has 0 aliphatic heterocycles. The lowest BCUT2D eigenvalue weighted by molar-refractivity contribution is -0.157. The van der Waals surface area contributed by atoms with Crippen molar-refractivity contribution in [3.63, 3.8) is 0 Å². The summed E-state index contributed by atoms with van der Waals surface area (Å²) in [5.41, 5.74) is 0.827. The largest absolute Gasteiger partial charge is 0.493 e.